The minimum absolute atomic E-state index is 0.0398. The molecule has 0 spiro atoms. The predicted molar refractivity (Wildman–Crippen MR) is 120 cm³/mol. The van der Waals surface area contributed by atoms with E-state index in [1.807, 2.05) is 0 Å². The Morgan fingerprint density at radius 1 is 1.26 bits per heavy atom. The number of carbonyl (C=O) groups excluding carboxylic acids is 3. The summed E-state index contributed by atoms with van der Waals surface area (Å²) < 4.78 is 6.38. The number of aromatic amines is 1. The van der Waals surface area contributed by atoms with Gasteiger partial charge in [0, 0.05) is 19.0 Å². The smallest absolute Gasteiger partial charge is 0.407 e. The Labute approximate surface area is 194 Å². The standard InChI is InChI=1S/C20H29N7O7/c1-11(2)16(31)24-18-23-15-14(17(32)25-18)22-10-27(15)8-12(28)26(9-13(29)30)7-6-21-19(33)34-20(3,4)5/h10-11H,6-9H2,1-5H3,(H,21,33)(H,29,30)(H2,23,24,25,31,32). The highest BCUT2D eigenvalue weighted by atomic mass is 16.6. The maximum Gasteiger partial charge on any atom is 0.407 e. The summed E-state index contributed by atoms with van der Waals surface area (Å²) in [6.45, 7) is 7.31. The van der Waals surface area contributed by atoms with E-state index in [0.717, 1.165) is 4.90 Å². The van der Waals surface area contributed by atoms with Gasteiger partial charge in [0.2, 0.25) is 17.8 Å². The molecule has 0 bridgehead atoms. The Morgan fingerprint density at radius 3 is 2.53 bits per heavy atom. The molecule has 0 atom stereocenters. The van der Waals surface area contributed by atoms with E-state index in [0.29, 0.717) is 0 Å². The first-order valence-corrected chi connectivity index (χ1v) is 10.5. The molecular weight excluding hydrogens is 450 g/mol. The monoisotopic (exact) mass is 479 g/mol. The van der Waals surface area contributed by atoms with E-state index in [1.165, 1.54) is 10.9 Å². The number of carboxylic acids is 1. The van der Waals surface area contributed by atoms with E-state index in [4.69, 9.17) is 4.74 Å². The van der Waals surface area contributed by atoms with E-state index in [-0.39, 0.29) is 48.6 Å². The first kappa shape index (κ1) is 26.3. The molecular formula is C20H29N7O7. The number of nitrogens with one attached hydrogen (secondary N) is 3. The maximum absolute atomic E-state index is 12.8. The van der Waals surface area contributed by atoms with Gasteiger partial charge in [0.25, 0.3) is 5.56 Å². The Balaban J connectivity index is 2.16. The second-order valence-electron chi connectivity index (χ2n) is 8.74. The Bertz CT molecular complexity index is 1130. The Morgan fingerprint density at radius 2 is 1.94 bits per heavy atom. The first-order chi connectivity index (χ1) is 15.8. The molecule has 0 saturated carbocycles. The molecule has 2 aromatic heterocycles. The van der Waals surface area contributed by atoms with Crippen LogP contribution in [0.2, 0.25) is 0 Å². The number of hydrogen-bond donors (Lipinski definition) is 4. The number of aliphatic carboxylic acids is 1. The molecule has 2 heterocycles. The number of fused-ring (bicyclic) bond motifs is 1. The van der Waals surface area contributed by atoms with Crippen LogP contribution in [0.25, 0.3) is 11.2 Å². The predicted octanol–water partition coefficient (Wildman–Crippen LogP) is 0.152. The van der Waals surface area contributed by atoms with Crippen molar-refractivity contribution in [3.8, 4) is 0 Å². The normalized spacial score (nSPS) is 11.4. The van der Waals surface area contributed by atoms with Crippen LogP contribution in [0.5, 0.6) is 0 Å². The minimum Gasteiger partial charge on any atom is -0.480 e. The van der Waals surface area contributed by atoms with Gasteiger partial charge >= 0.3 is 12.1 Å². The van der Waals surface area contributed by atoms with Gasteiger partial charge in [0.05, 0.1) is 6.33 Å². The molecule has 3 amide bonds. The number of ether oxygens (including phenoxy) is 1. The lowest BCUT2D eigenvalue weighted by atomic mass is 10.2. The van der Waals surface area contributed by atoms with Crippen LogP contribution in [-0.4, -0.2) is 78.6 Å². The van der Waals surface area contributed by atoms with Crippen molar-refractivity contribution in [1.82, 2.24) is 29.7 Å². The number of rotatable bonds is 9. The first-order valence-electron chi connectivity index (χ1n) is 10.5. The average Bonchev–Trinajstić information content (AvgIpc) is 3.08. The molecule has 0 fully saturated rings. The van der Waals surface area contributed by atoms with Crippen LogP contribution in [0.1, 0.15) is 34.6 Å². The number of amides is 3. The summed E-state index contributed by atoms with van der Waals surface area (Å²) in [5, 5.41) is 14.1. The molecule has 2 aromatic rings. The van der Waals surface area contributed by atoms with E-state index in [9.17, 15) is 29.1 Å². The molecule has 186 valence electrons. The lowest BCUT2D eigenvalue weighted by Crippen LogP contribution is -2.43. The van der Waals surface area contributed by atoms with Gasteiger partial charge in [-0.3, -0.25) is 29.5 Å². The van der Waals surface area contributed by atoms with Crippen LogP contribution in [-0.2, 0) is 25.7 Å². The van der Waals surface area contributed by atoms with E-state index < -0.39 is 35.7 Å². The quantitative estimate of drug-likeness (QED) is 0.388. The molecule has 0 unspecified atom stereocenters. The third-order valence-corrected chi connectivity index (χ3v) is 4.28. The van der Waals surface area contributed by atoms with Crippen molar-refractivity contribution in [3.05, 3.63) is 16.7 Å². The second-order valence-corrected chi connectivity index (χ2v) is 8.74. The summed E-state index contributed by atoms with van der Waals surface area (Å²) in [5.74, 6) is -2.67. The number of carbonyl (C=O) groups is 4. The van der Waals surface area contributed by atoms with Crippen molar-refractivity contribution >= 4 is 41.0 Å². The summed E-state index contributed by atoms with van der Waals surface area (Å²) in [7, 11) is 0. The highest BCUT2D eigenvalue weighted by Crippen LogP contribution is 2.10. The number of anilines is 1. The summed E-state index contributed by atoms with van der Waals surface area (Å²) in [6, 6.07) is 0. The van der Waals surface area contributed by atoms with Crippen molar-refractivity contribution in [3.63, 3.8) is 0 Å². The molecule has 14 nitrogen and oxygen atoms in total. The number of alkyl carbamates (subject to hydrolysis) is 1. The third-order valence-electron chi connectivity index (χ3n) is 4.28. The van der Waals surface area contributed by atoms with E-state index in [1.54, 1.807) is 34.6 Å². The number of imidazole rings is 1. The van der Waals surface area contributed by atoms with Gasteiger partial charge in [0.15, 0.2) is 11.2 Å². The number of H-pyrrole nitrogens is 1. The highest BCUT2D eigenvalue weighted by molar-refractivity contribution is 5.91. The zero-order valence-corrected chi connectivity index (χ0v) is 19.7. The van der Waals surface area contributed by atoms with Crippen LogP contribution in [0.15, 0.2) is 11.1 Å². The second kappa shape index (κ2) is 10.8. The van der Waals surface area contributed by atoms with Gasteiger partial charge in [-0.15, -0.1) is 0 Å². The molecule has 0 radical (unpaired) electrons. The Kier molecular flexibility index (Phi) is 8.32. The van der Waals surface area contributed by atoms with Gasteiger partial charge in [-0.25, -0.2) is 9.78 Å². The molecule has 14 heteroatoms. The number of nitrogens with zero attached hydrogens (tertiary/aromatic N) is 4. The summed E-state index contributed by atoms with van der Waals surface area (Å²) >= 11 is 0. The molecule has 0 aromatic carbocycles. The topological polar surface area (TPSA) is 189 Å². The van der Waals surface area contributed by atoms with Gasteiger partial charge in [-0.2, -0.15) is 4.98 Å². The largest absolute Gasteiger partial charge is 0.480 e. The average molecular weight is 479 g/mol. The van der Waals surface area contributed by atoms with Gasteiger partial charge in [-0.05, 0) is 20.8 Å². The van der Waals surface area contributed by atoms with E-state index in [2.05, 4.69) is 25.6 Å². The van der Waals surface area contributed by atoms with Crippen LogP contribution >= 0.6 is 0 Å². The van der Waals surface area contributed by atoms with Gasteiger partial charge in [0.1, 0.15) is 18.7 Å². The fourth-order valence-electron chi connectivity index (χ4n) is 2.70. The zero-order valence-electron chi connectivity index (χ0n) is 19.7. The molecule has 4 N–H and O–H groups in total. The van der Waals surface area contributed by atoms with Crippen molar-refractivity contribution in [1.29, 1.82) is 0 Å². The number of hydrogen-bond acceptors (Lipinski definition) is 8. The molecule has 2 rings (SSSR count). The zero-order chi connectivity index (χ0) is 25.6. The summed E-state index contributed by atoms with van der Waals surface area (Å²) in [6.07, 6.45) is 0.520. The maximum atomic E-state index is 12.8. The van der Waals surface area contributed by atoms with E-state index >= 15 is 0 Å². The lowest BCUT2D eigenvalue weighted by molar-refractivity contribution is -0.144. The van der Waals surface area contributed by atoms with Crippen molar-refractivity contribution in [2.24, 2.45) is 5.92 Å². The molecule has 34 heavy (non-hydrogen) atoms. The highest BCUT2D eigenvalue weighted by Gasteiger charge is 2.21. The third kappa shape index (κ3) is 7.56. The van der Waals surface area contributed by atoms with Gasteiger partial charge < -0.3 is 24.6 Å². The molecule has 0 aliphatic heterocycles. The molecule has 0 aliphatic rings. The minimum atomic E-state index is -1.24. The molecule has 0 aliphatic carbocycles. The van der Waals surface area contributed by atoms with Gasteiger partial charge in [-0.1, -0.05) is 13.8 Å². The van der Waals surface area contributed by atoms with Crippen molar-refractivity contribution < 1.29 is 29.0 Å². The van der Waals surface area contributed by atoms with Crippen molar-refractivity contribution in [2.75, 3.05) is 25.0 Å². The van der Waals surface area contributed by atoms with Crippen LogP contribution in [0.3, 0.4) is 0 Å². The fraction of sp³-hybridized carbons (Fsp3) is 0.550. The Hall–Kier alpha value is -3.97. The van der Waals surface area contributed by atoms with Crippen LogP contribution in [0.4, 0.5) is 10.7 Å². The van der Waals surface area contributed by atoms with Crippen molar-refractivity contribution in [2.45, 2.75) is 46.8 Å². The number of aromatic nitrogens is 4. The molecule has 0 saturated heterocycles. The van der Waals surface area contributed by atoms with Crippen LogP contribution < -0.4 is 16.2 Å². The number of carboxylic acid groups (broad SMARTS) is 1. The lowest BCUT2D eigenvalue weighted by Gasteiger charge is -2.23. The summed E-state index contributed by atoms with van der Waals surface area (Å²) in [5.41, 5.74) is -1.33. The fourth-order valence-corrected chi connectivity index (χ4v) is 2.70. The SMILES string of the molecule is CC(C)C(=O)Nc1nc2c(ncn2CC(=O)N(CCNC(=O)OC(C)(C)C)CC(=O)O)c(=O)[nH]1. The van der Waals surface area contributed by atoms with Crippen LogP contribution in [0, 0.1) is 5.92 Å². The summed E-state index contributed by atoms with van der Waals surface area (Å²) in [4.78, 5) is 71.6.